The summed E-state index contributed by atoms with van der Waals surface area (Å²) in [5.41, 5.74) is 9.10. The fraction of sp³-hybridized carbons (Fsp3) is 0.294. The van der Waals surface area contributed by atoms with Gasteiger partial charge in [-0.15, -0.1) is 0 Å². The van der Waals surface area contributed by atoms with Crippen LogP contribution >= 0.6 is 0 Å². The summed E-state index contributed by atoms with van der Waals surface area (Å²) in [5, 5.41) is 0. The number of rotatable bonds is 4. The topological polar surface area (TPSA) is 38.5 Å². The van der Waals surface area contributed by atoms with Gasteiger partial charge in [0.15, 0.2) is 0 Å². The number of para-hydroxylation sites is 1. The summed E-state index contributed by atoms with van der Waals surface area (Å²) in [4.78, 5) is 2.37. The van der Waals surface area contributed by atoms with Crippen LogP contribution in [-0.2, 0) is 0 Å². The van der Waals surface area contributed by atoms with Crippen molar-refractivity contribution in [1.29, 1.82) is 0 Å². The van der Waals surface area contributed by atoms with Crippen LogP contribution in [0, 0.1) is 0 Å². The van der Waals surface area contributed by atoms with Gasteiger partial charge in [0.2, 0.25) is 0 Å². The van der Waals surface area contributed by atoms with Crippen molar-refractivity contribution >= 4 is 11.4 Å². The van der Waals surface area contributed by atoms with Gasteiger partial charge in [-0.3, -0.25) is 0 Å². The van der Waals surface area contributed by atoms with Crippen molar-refractivity contribution in [3.8, 4) is 5.75 Å². The Kier molecular flexibility index (Phi) is 3.50. The number of fused-ring (bicyclic) bond motifs is 1. The van der Waals surface area contributed by atoms with Crippen molar-refractivity contribution in [3.05, 3.63) is 54.1 Å². The summed E-state index contributed by atoms with van der Waals surface area (Å²) in [6.07, 6.45) is 0. The molecule has 0 spiro atoms. The van der Waals surface area contributed by atoms with E-state index in [4.69, 9.17) is 10.5 Å². The molecule has 3 heteroatoms. The number of benzene rings is 2. The predicted octanol–water partition coefficient (Wildman–Crippen LogP) is 3.27. The second kappa shape index (κ2) is 5.45. The molecule has 0 aromatic heterocycles. The van der Waals surface area contributed by atoms with E-state index in [1.807, 2.05) is 18.2 Å². The van der Waals surface area contributed by atoms with E-state index in [9.17, 15) is 0 Å². The molecule has 1 aliphatic rings. The highest BCUT2D eigenvalue weighted by Crippen LogP contribution is 2.34. The number of ether oxygens (including phenoxy) is 1. The molecule has 0 amide bonds. The van der Waals surface area contributed by atoms with Gasteiger partial charge in [0.25, 0.3) is 0 Å². The Morgan fingerprint density at radius 3 is 2.65 bits per heavy atom. The SMILES string of the molecule is CCN(CC1COc2ccccc21)c1ccc(N)cc1. The Labute approximate surface area is 120 Å². The molecule has 2 aromatic carbocycles. The van der Waals surface area contributed by atoms with Crippen molar-refractivity contribution in [1.82, 2.24) is 0 Å². The van der Waals surface area contributed by atoms with Gasteiger partial charge in [0, 0.05) is 35.9 Å². The van der Waals surface area contributed by atoms with Crippen LogP contribution in [0.5, 0.6) is 5.75 Å². The number of nitrogens with zero attached hydrogens (tertiary/aromatic N) is 1. The third-order valence-electron chi connectivity index (χ3n) is 3.88. The highest BCUT2D eigenvalue weighted by Gasteiger charge is 2.25. The third kappa shape index (κ3) is 2.44. The smallest absolute Gasteiger partial charge is 0.122 e. The van der Waals surface area contributed by atoms with Crippen molar-refractivity contribution in [3.63, 3.8) is 0 Å². The summed E-state index contributed by atoms with van der Waals surface area (Å²) in [5.74, 6) is 1.47. The molecular formula is C17H20N2O. The minimum Gasteiger partial charge on any atom is -0.493 e. The minimum absolute atomic E-state index is 0.434. The maximum atomic E-state index is 5.76. The molecule has 0 bridgehead atoms. The van der Waals surface area contributed by atoms with Gasteiger partial charge in [-0.25, -0.2) is 0 Å². The highest BCUT2D eigenvalue weighted by atomic mass is 16.5. The van der Waals surface area contributed by atoms with Gasteiger partial charge in [-0.2, -0.15) is 0 Å². The van der Waals surface area contributed by atoms with Crippen molar-refractivity contribution in [2.45, 2.75) is 12.8 Å². The maximum absolute atomic E-state index is 5.76. The molecule has 3 nitrogen and oxygen atoms in total. The van der Waals surface area contributed by atoms with Crippen LogP contribution in [0.1, 0.15) is 18.4 Å². The highest BCUT2D eigenvalue weighted by molar-refractivity contribution is 5.53. The Hall–Kier alpha value is -2.16. The molecular weight excluding hydrogens is 248 g/mol. The molecule has 1 atom stereocenters. The lowest BCUT2D eigenvalue weighted by molar-refractivity contribution is 0.331. The van der Waals surface area contributed by atoms with Crippen LogP contribution in [0.3, 0.4) is 0 Å². The monoisotopic (exact) mass is 268 g/mol. The summed E-state index contributed by atoms with van der Waals surface area (Å²) in [6.45, 7) is 4.89. The van der Waals surface area contributed by atoms with Crippen molar-refractivity contribution in [2.75, 3.05) is 30.3 Å². The van der Waals surface area contributed by atoms with Crippen LogP contribution in [0.2, 0.25) is 0 Å². The number of nitrogens with two attached hydrogens (primary N) is 1. The van der Waals surface area contributed by atoms with Gasteiger partial charge < -0.3 is 15.4 Å². The van der Waals surface area contributed by atoms with E-state index in [0.29, 0.717) is 5.92 Å². The molecule has 1 aliphatic heterocycles. The summed E-state index contributed by atoms with van der Waals surface area (Å²) >= 11 is 0. The minimum atomic E-state index is 0.434. The summed E-state index contributed by atoms with van der Waals surface area (Å²) in [6, 6.07) is 16.4. The zero-order valence-electron chi connectivity index (χ0n) is 11.8. The molecule has 3 rings (SSSR count). The molecule has 20 heavy (non-hydrogen) atoms. The quantitative estimate of drug-likeness (QED) is 0.865. The van der Waals surface area contributed by atoms with E-state index >= 15 is 0 Å². The van der Waals surface area contributed by atoms with E-state index in [1.54, 1.807) is 0 Å². The standard InChI is InChI=1S/C17H20N2O/c1-2-19(15-9-7-14(18)8-10-15)11-13-12-20-17-6-4-3-5-16(13)17/h3-10,13H,2,11-12,18H2,1H3. The van der Waals surface area contributed by atoms with E-state index in [0.717, 1.165) is 31.1 Å². The van der Waals surface area contributed by atoms with Crippen LogP contribution < -0.4 is 15.4 Å². The zero-order valence-corrected chi connectivity index (χ0v) is 11.8. The Balaban J connectivity index is 1.78. The third-order valence-corrected chi connectivity index (χ3v) is 3.88. The molecule has 0 fully saturated rings. The normalized spacial score (nSPS) is 16.6. The number of hydrogen-bond acceptors (Lipinski definition) is 3. The first-order valence-electron chi connectivity index (χ1n) is 7.10. The van der Waals surface area contributed by atoms with Crippen molar-refractivity contribution in [2.24, 2.45) is 0 Å². The number of likely N-dealkylation sites (N-methyl/N-ethyl adjacent to an activating group) is 1. The average Bonchev–Trinajstić information content (AvgIpc) is 2.89. The zero-order chi connectivity index (χ0) is 13.9. The molecule has 1 unspecified atom stereocenters. The molecule has 2 N–H and O–H groups in total. The predicted molar refractivity (Wildman–Crippen MR) is 83.4 cm³/mol. The lowest BCUT2D eigenvalue weighted by Gasteiger charge is -2.26. The van der Waals surface area contributed by atoms with E-state index < -0.39 is 0 Å². The lowest BCUT2D eigenvalue weighted by atomic mass is 10.0. The van der Waals surface area contributed by atoms with Crippen LogP contribution in [-0.4, -0.2) is 19.7 Å². The first-order chi connectivity index (χ1) is 9.78. The fourth-order valence-corrected chi connectivity index (χ4v) is 2.75. The van der Waals surface area contributed by atoms with Gasteiger partial charge in [-0.05, 0) is 37.3 Å². The molecule has 0 saturated carbocycles. The lowest BCUT2D eigenvalue weighted by Crippen LogP contribution is -2.29. The van der Waals surface area contributed by atoms with Crippen LogP contribution in [0.15, 0.2) is 48.5 Å². The maximum Gasteiger partial charge on any atom is 0.122 e. The van der Waals surface area contributed by atoms with Gasteiger partial charge >= 0.3 is 0 Å². The van der Waals surface area contributed by atoms with Gasteiger partial charge in [0.1, 0.15) is 5.75 Å². The van der Waals surface area contributed by atoms with E-state index in [-0.39, 0.29) is 0 Å². The first kappa shape index (κ1) is 12.9. The van der Waals surface area contributed by atoms with Gasteiger partial charge in [0.05, 0.1) is 6.61 Å². The molecule has 0 aliphatic carbocycles. The average molecular weight is 268 g/mol. The number of hydrogen-bond donors (Lipinski definition) is 1. The summed E-state index contributed by atoms with van der Waals surface area (Å²) in [7, 11) is 0. The molecule has 0 saturated heterocycles. The molecule has 0 radical (unpaired) electrons. The molecule has 1 heterocycles. The Morgan fingerprint density at radius 2 is 1.90 bits per heavy atom. The number of anilines is 2. The molecule has 104 valence electrons. The van der Waals surface area contributed by atoms with Crippen LogP contribution in [0.25, 0.3) is 0 Å². The Bertz CT molecular complexity index is 580. The van der Waals surface area contributed by atoms with E-state index in [1.165, 1.54) is 11.3 Å². The second-order valence-corrected chi connectivity index (χ2v) is 5.18. The number of nitrogen functional groups attached to an aromatic ring is 1. The second-order valence-electron chi connectivity index (χ2n) is 5.18. The fourth-order valence-electron chi connectivity index (χ4n) is 2.75. The molecule has 2 aromatic rings. The first-order valence-corrected chi connectivity index (χ1v) is 7.10. The Morgan fingerprint density at radius 1 is 1.15 bits per heavy atom. The summed E-state index contributed by atoms with van der Waals surface area (Å²) < 4.78 is 5.76. The largest absolute Gasteiger partial charge is 0.493 e. The van der Waals surface area contributed by atoms with Crippen LogP contribution in [0.4, 0.5) is 11.4 Å². The van der Waals surface area contributed by atoms with Gasteiger partial charge in [-0.1, -0.05) is 18.2 Å². The van der Waals surface area contributed by atoms with Crippen molar-refractivity contribution < 1.29 is 4.74 Å². The van der Waals surface area contributed by atoms with E-state index in [2.05, 4.69) is 42.2 Å².